The third kappa shape index (κ3) is 7.70. The second-order valence-corrected chi connectivity index (χ2v) is 12.8. The van der Waals surface area contributed by atoms with E-state index in [0.29, 0.717) is 28.8 Å². The normalized spacial score (nSPS) is 17.2. The van der Waals surface area contributed by atoms with Crippen molar-refractivity contribution in [1.29, 1.82) is 0 Å². The van der Waals surface area contributed by atoms with E-state index < -0.39 is 35.6 Å². The van der Waals surface area contributed by atoms with Crippen molar-refractivity contribution >= 4 is 23.6 Å². The van der Waals surface area contributed by atoms with Crippen LogP contribution in [0.5, 0.6) is 11.5 Å². The van der Waals surface area contributed by atoms with Crippen molar-refractivity contribution in [1.82, 2.24) is 10.2 Å². The van der Waals surface area contributed by atoms with Crippen LogP contribution in [-0.4, -0.2) is 50.7 Å². The van der Waals surface area contributed by atoms with Crippen LogP contribution in [-0.2, 0) is 20.7 Å². The zero-order valence-corrected chi connectivity index (χ0v) is 26.5. The molecule has 9 heteroatoms. The Bertz CT molecular complexity index is 1510. The van der Waals surface area contributed by atoms with Gasteiger partial charge >= 0.3 is 6.09 Å². The molecule has 0 radical (unpaired) electrons. The third-order valence-electron chi connectivity index (χ3n) is 7.86. The number of nitrogens with zero attached hydrogens (tertiary/aromatic N) is 1. The van der Waals surface area contributed by atoms with Crippen LogP contribution in [0.2, 0.25) is 0 Å². The van der Waals surface area contributed by atoms with Gasteiger partial charge in [-0.15, -0.1) is 0 Å². The molecule has 3 aromatic carbocycles. The van der Waals surface area contributed by atoms with E-state index in [-0.39, 0.29) is 29.9 Å². The van der Waals surface area contributed by atoms with E-state index in [1.54, 1.807) is 58.0 Å². The van der Waals surface area contributed by atoms with E-state index in [1.165, 1.54) is 17.0 Å². The summed E-state index contributed by atoms with van der Waals surface area (Å²) in [4.78, 5) is 43.6. The fourth-order valence-electron chi connectivity index (χ4n) is 5.39. The number of carbonyl (C=O) groups excluding carboxylic acids is 3. The number of aryl methyl sites for hydroxylation is 3. The van der Waals surface area contributed by atoms with Gasteiger partial charge in [0.1, 0.15) is 29.2 Å². The number of alkyl carbamates (subject to hydrolysis) is 1. The standard InChI is InChI=1S/C35H43N3O6/c1-20-10-8-11-21(2)29(20)37-32(41)30(26-13-9-12-22(3)31(26)40)38(28-18-23(28)4)33(42)27(36-34(43)44-35(5,6)7)19-24-14-16-25(39)17-15-24/h8-17,23,27-28,30,39-40H,18-19H2,1-7H3,(H,36,43)(H,37,41). The second-order valence-electron chi connectivity index (χ2n) is 12.8. The number of ether oxygens (including phenoxy) is 1. The Balaban J connectivity index is 1.81. The molecule has 0 bridgehead atoms. The lowest BCUT2D eigenvalue weighted by atomic mass is 9.97. The Morgan fingerprint density at radius 3 is 2.07 bits per heavy atom. The number of carbonyl (C=O) groups is 3. The van der Waals surface area contributed by atoms with Crippen molar-refractivity contribution in [2.45, 2.75) is 85.0 Å². The number of phenolic OH excluding ortho intramolecular Hbond substituents is 2. The molecule has 1 aliphatic rings. The second kappa shape index (κ2) is 13.0. The molecule has 4 N–H and O–H groups in total. The molecule has 0 spiro atoms. The van der Waals surface area contributed by atoms with Crippen LogP contribution in [0.4, 0.5) is 10.5 Å². The maximum Gasteiger partial charge on any atom is 0.408 e. The van der Waals surface area contributed by atoms with Crippen LogP contribution < -0.4 is 10.6 Å². The fraction of sp³-hybridized carbons (Fsp3) is 0.400. The Morgan fingerprint density at radius 1 is 0.932 bits per heavy atom. The zero-order valence-electron chi connectivity index (χ0n) is 26.5. The predicted molar refractivity (Wildman–Crippen MR) is 170 cm³/mol. The maximum atomic E-state index is 14.7. The minimum atomic E-state index is -1.20. The molecule has 9 nitrogen and oxygen atoms in total. The minimum Gasteiger partial charge on any atom is -0.508 e. The van der Waals surface area contributed by atoms with E-state index >= 15 is 0 Å². The number of benzene rings is 3. The Hall–Kier alpha value is -4.53. The van der Waals surface area contributed by atoms with Crippen LogP contribution in [0.15, 0.2) is 60.7 Å². The van der Waals surface area contributed by atoms with Gasteiger partial charge in [-0.1, -0.05) is 55.5 Å². The Labute approximate surface area is 259 Å². The van der Waals surface area contributed by atoms with Crippen molar-refractivity contribution in [3.63, 3.8) is 0 Å². The van der Waals surface area contributed by atoms with Gasteiger partial charge in [-0.2, -0.15) is 0 Å². The number of hydrogen-bond donors (Lipinski definition) is 4. The summed E-state index contributed by atoms with van der Waals surface area (Å²) in [5, 5.41) is 26.8. The molecule has 3 aromatic rings. The molecule has 0 aromatic heterocycles. The molecular weight excluding hydrogens is 558 g/mol. The lowest BCUT2D eigenvalue weighted by Gasteiger charge is -2.35. The first-order valence-electron chi connectivity index (χ1n) is 14.9. The molecule has 3 amide bonds. The fourth-order valence-corrected chi connectivity index (χ4v) is 5.39. The number of hydrogen-bond acceptors (Lipinski definition) is 6. The van der Waals surface area contributed by atoms with Gasteiger partial charge < -0.3 is 30.5 Å². The lowest BCUT2D eigenvalue weighted by molar-refractivity contribution is -0.141. The monoisotopic (exact) mass is 601 g/mol. The number of amides is 3. The first-order valence-corrected chi connectivity index (χ1v) is 14.9. The molecule has 0 heterocycles. The average molecular weight is 602 g/mol. The predicted octanol–water partition coefficient (Wildman–Crippen LogP) is 6.08. The number of para-hydroxylation sites is 2. The minimum absolute atomic E-state index is 0.0725. The first-order chi connectivity index (χ1) is 20.7. The highest BCUT2D eigenvalue weighted by molar-refractivity contribution is 6.00. The summed E-state index contributed by atoms with van der Waals surface area (Å²) >= 11 is 0. The summed E-state index contributed by atoms with van der Waals surface area (Å²) in [7, 11) is 0. The van der Waals surface area contributed by atoms with Crippen molar-refractivity contribution < 1.29 is 29.3 Å². The first kappa shape index (κ1) is 32.4. The Kier molecular flexibility index (Phi) is 9.56. The van der Waals surface area contributed by atoms with Crippen molar-refractivity contribution in [2.75, 3.05) is 5.32 Å². The summed E-state index contributed by atoms with van der Waals surface area (Å²) in [5.74, 6) is -0.867. The number of anilines is 1. The number of rotatable bonds is 9. The number of aromatic hydroxyl groups is 2. The molecule has 1 fully saturated rings. The van der Waals surface area contributed by atoms with Gasteiger partial charge in [0.2, 0.25) is 5.91 Å². The third-order valence-corrected chi connectivity index (χ3v) is 7.86. The van der Waals surface area contributed by atoms with Gasteiger partial charge in [0.05, 0.1) is 0 Å². The summed E-state index contributed by atoms with van der Waals surface area (Å²) in [6.45, 7) is 12.7. The number of nitrogens with one attached hydrogen (secondary N) is 2. The molecule has 0 saturated heterocycles. The number of phenols is 2. The molecule has 1 aliphatic carbocycles. The molecule has 234 valence electrons. The lowest BCUT2D eigenvalue weighted by Crippen LogP contribution is -2.54. The van der Waals surface area contributed by atoms with Gasteiger partial charge in [0.25, 0.3) is 5.91 Å². The van der Waals surface area contributed by atoms with E-state index in [4.69, 9.17) is 4.74 Å². The summed E-state index contributed by atoms with van der Waals surface area (Å²) in [6, 6.07) is 14.6. The van der Waals surface area contributed by atoms with Crippen LogP contribution in [0, 0.1) is 26.7 Å². The highest BCUT2D eigenvalue weighted by Gasteiger charge is 2.49. The van der Waals surface area contributed by atoms with Crippen molar-refractivity contribution in [2.24, 2.45) is 5.92 Å². The molecule has 1 saturated carbocycles. The average Bonchev–Trinajstić information content (AvgIpc) is 3.66. The van der Waals surface area contributed by atoms with E-state index in [0.717, 1.165) is 11.1 Å². The highest BCUT2D eigenvalue weighted by Crippen LogP contribution is 2.43. The van der Waals surface area contributed by atoms with Crippen LogP contribution in [0.25, 0.3) is 0 Å². The zero-order chi connectivity index (χ0) is 32.3. The Morgan fingerprint density at radius 2 is 1.50 bits per heavy atom. The van der Waals surface area contributed by atoms with E-state index in [1.807, 2.05) is 39.0 Å². The molecule has 44 heavy (non-hydrogen) atoms. The van der Waals surface area contributed by atoms with Gasteiger partial charge in [0, 0.05) is 23.7 Å². The summed E-state index contributed by atoms with van der Waals surface area (Å²) in [6.07, 6.45) is -0.0291. The van der Waals surface area contributed by atoms with Gasteiger partial charge in [-0.25, -0.2) is 4.79 Å². The topological polar surface area (TPSA) is 128 Å². The van der Waals surface area contributed by atoms with Gasteiger partial charge in [0.15, 0.2) is 0 Å². The van der Waals surface area contributed by atoms with Crippen LogP contribution in [0.3, 0.4) is 0 Å². The van der Waals surface area contributed by atoms with E-state index in [2.05, 4.69) is 10.6 Å². The summed E-state index contributed by atoms with van der Waals surface area (Å²) in [5.41, 5.74) is 3.11. The quantitative estimate of drug-likeness (QED) is 0.236. The van der Waals surface area contributed by atoms with Gasteiger partial charge in [-0.05, 0) is 88.3 Å². The molecule has 0 aliphatic heterocycles. The van der Waals surface area contributed by atoms with Crippen molar-refractivity contribution in [3.8, 4) is 11.5 Å². The molecule has 4 atom stereocenters. The van der Waals surface area contributed by atoms with E-state index in [9.17, 15) is 24.6 Å². The molecular formula is C35H43N3O6. The van der Waals surface area contributed by atoms with Gasteiger partial charge in [-0.3, -0.25) is 9.59 Å². The maximum absolute atomic E-state index is 14.7. The van der Waals surface area contributed by atoms with Crippen LogP contribution >= 0.6 is 0 Å². The SMILES string of the molecule is Cc1cccc(C(C(=O)Nc2c(C)cccc2C)N(C(=O)C(Cc2ccc(O)cc2)NC(=O)OC(C)(C)C)C2CC2C)c1O. The molecule has 4 rings (SSSR count). The largest absolute Gasteiger partial charge is 0.508 e. The van der Waals surface area contributed by atoms with Crippen LogP contribution in [0.1, 0.15) is 68.0 Å². The summed E-state index contributed by atoms with van der Waals surface area (Å²) < 4.78 is 5.50. The highest BCUT2D eigenvalue weighted by atomic mass is 16.6. The smallest absolute Gasteiger partial charge is 0.408 e. The van der Waals surface area contributed by atoms with Crippen molar-refractivity contribution in [3.05, 3.63) is 88.5 Å². The molecule has 4 unspecified atom stereocenters.